The zero-order chi connectivity index (χ0) is 53.3. The Morgan fingerprint density at radius 2 is 0.817 bits per heavy atom. The largest absolute Gasteiger partial charge is 0.458 e. The minimum Gasteiger partial charge on any atom is -0.458 e. The van der Waals surface area contributed by atoms with Crippen LogP contribution < -0.4 is 25.9 Å². The fourth-order valence-electron chi connectivity index (χ4n) is 13.8. The molecule has 82 heavy (non-hydrogen) atoms. The Balaban J connectivity index is 0.821. The van der Waals surface area contributed by atoms with Crippen LogP contribution in [0.3, 0.4) is 0 Å². The van der Waals surface area contributed by atoms with Crippen molar-refractivity contribution in [1.82, 2.24) is 37.6 Å². The Bertz CT molecular complexity index is 5370. The average Bonchev–Trinajstić information content (AvgIpc) is 2.06. The smallest absolute Gasteiger partial charge is 0.260 e. The lowest BCUT2D eigenvalue weighted by molar-refractivity contribution is 0.464. The number of benzene rings is 11. The van der Waals surface area contributed by atoms with Crippen LogP contribution in [0.4, 0.5) is 0 Å². The number of hydrogen-bond donors (Lipinski definition) is 0. The molecule has 2 aliphatic rings. The molecule has 2 aliphatic heterocycles. The van der Waals surface area contributed by atoms with E-state index in [1.807, 2.05) is 6.07 Å². The van der Waals surface area contributed by atoms with Crippen molar-refractivity contribution in [2.45, 2.75) is 0 Å². The molecule has 8 heterocycles. The van der Waals surface area contributed by atoms with Crippen molar-refractivity contribution in [3.8, 4) is 57.4 Å². The van der Waals surface area contributed by atoms with E-state index in [1.54, 1.807) is 0 Å². The monoisotopic (exact) mass is 1050 g/mol. The van der Waals surface area contributed by atoms with Gasteiger partial charge in [-0.05, 0) is 95.9 Å². The van der Waals surface area contributed by atoms with Crippen molar-refractivity contribution < 1.29 is 9.47 Å². The van der Waals surface area contributed by atoms with Gasteiger partial charge < -0.3 is 14.0 Å². The molecule has 0 aliphatic carbocycles. The van der Waals surface area contributed by atoms with E-state index in [2.05, 4.69) is 265 Å². The first-order valence-electron chi connectivity index (χ1n) is 27.7. The van der Waals surface area contributed by atoms with Crippen LogP contribution in [0.1, 0.15) is 0 Å². The molecule has 6 aromatic heterocycles. The number of aromatic nitrogens is 8. The van der Waals surface area contributed by atoms with E-state index < -0.39 is 0 Å². The molecule has 0 spiro atoms. The normalized spacial score (nSPS) is 12.8. The maximum atomic E-state index is 7.22. The number of nitrogens with zero attached hydrogens (tertiary/aromatic N) is 8. The molecular formula is C71H41BN8O2. The predicted octanol–water partition coefficient (Wildman–Crippen LogP) is 14.9. The number of imidazole rings is 2. The van der Waals surface area contributed by atoms with Gasteiger partial charge in [0.05, 0.1) is 55.3 Å². The van der Waals surface area contributed by atoms with Crippen LogP contribution >= 0.6 is 0 Å². The minimum absolute atomic E-state index is 0.227. The molecule has 380 valence electrons. The Kier molecular flexibility index (Phi) is 8.66. The number of rotatable bonds is 5. The maximum Gasteiger partial charge on any atom is 0.260 e. The van der Waals surface area contributed by atoms with Gasteiger partial charge in [-0.15, -0.1) is 0 Å². The van der Waals surface area contributed by atoms with Crippen LogP contribution in [0.5, 0.6) is 23.0 Å². The molecule has 11 heteroatoms. The van der Waals surface area contributed by atoms with E-state index in [4.69, 9.17) is 24.4 Å². The van der Waals surface area contributed by atoms with E-state index >= 15 is 0 Å². The van der Waals surface area contributed by atoms with E-state index in [0.717, 1.165) is 161 Å². The highest BCUT2D eigenvalue weighted by Crippen LogP contribution is 2.43. The second-order valence-corrected chi connectivity index (χ2v) is 21.5. The summed E-state index contributed by atoms with van der Waals surface area (Å²) in [6.45, 7) is -0.227. The van der Waals surface area contributed by atoms with Gasteiger partial charge in [-0.1, -0.05) is 146 Å². The quantitative estimate of drug-likeness (QED) is 0.160. The lowest BCUT2D eigenvalue weighted by Gasteiger charge is -2.33. The highest BCUT2D eigenvalue weighted by atomic mass is 16.5. The van der Waals surface area contributed by atoms with Gasteiger partial charge >= 0.3 is 0 Å². The van der Waals surface area contributed by atoms with Crippen LogP contribution in [0.15, 0.2) is 249 Å². The molecular weight excluding hydrogens is 1010 g/mol. The molecule has 10 nitrogen and oxygen atoms in total. The third-order valence-electron chi connectivity index (χ3n) is 17.2. The van der Waals surface area contributed by atoms with E-state index in [1.165, 1.54) is 0 Å². The van der Waals surface area contributed by atoms with Gasteiger partial charge in [-0.25, -0.2) is 15.0 Å². The summed E-state index contributed by atoms with van der Waals surface area (Å²) in [5.41, 5.74) is 16.3. The van der Waals surface area contributed by atoms with Crippen LogP contribution in [-0.4, -0.2) is 44.3 Å². The molecule has 0 radical (unpaired) electrons. The third-order valence-corrected chi connectivity index (χ3v) is 17.2. The zero-order valence-corrected chi connectivity index (χ0v) is 43.6. The fraction of sp³-hybridized carbons (Fsp3) is 0. The zero-order valence-electron chi connectivity index (χ0n) is 43.6. The van der Waals surface area contributed by atoms with Gasteiger partial charge in [-0.2, -0.15) is 0 Å². The van der Waals surface area contributed by atoms with Gasteiger partial charge in [0, 0.05) is 67.2 Å². The van der Waals surface area contributed by atoms with Gasteiger partial charge in [0.25, 0.3) is 6.71 Å². The molecule has 0 amide bonds. The molecule has 11 aromatic carbocycles. The first-order valence-corrected chi connectivity index (χ1v) is 27.7. The van der Waals surface area contributed by atoms with Crippen molar-refractivity contribution in [3.63, 3.8) is 0 Å². The number of fused-ring (bicyclic) bond motifs is 19. The summed E-state index contributed by atoms with van der Waals surface area (Å²) in [5.74, 6) is 6.02. The molecule has 17 aromatic rings. The van der Waals surface area contributed by atoms with E-state index in [0.29, 0.717) is 5.82 Å². The SMILES string of the molecule is c1ccc(-n2c3ccccc3n3c4ccc5c6ccccc6n(-c6cc7c8c(c6)Oc6ccc(-c9nc(-n%10c%11ccccc%11c%11ccccc%11%10)cc(-n%10c%11ccccc%11c%11ccccc%11%10)n9)cc6B8c6ccccc6O7)c5c4nc23)cc1. The van der Waals surface area contributed by atoms with Gasteiger partial charge in [0.2, 0.25) is 5.78 Å². The summed E-state index contributed by atoms with van der Waals surface area (Å²) in [7, 11) is 0. The molecule has 0 N–H and O–H groups in total. The Morgan fingerprint density at radius 1 is 0.317 bits per heavy atom. The molecule has 19 rings (SSSR count). The highest BCUT2D eigenvalue weighted by molar-refractivity contribution is 6.98. The Labute approximate surface area is 467 Å². The summed E-state index contributed by atoms with van der Waals surface area (Å²) < 4.78 is 25.8. The van der Waals surface area contributed by atoms with Crippen molar-refractivity contribution in [2.24, 2.45) is 0 Å². The standard InChI is InChI=1S/C71H41BN8O2/c1-2-18-43(19-3-1)77-58-31-15-16-32-59(58)80-60-36-35-50-49-24-8-10-26-53(49)76(69(50)68(60)75-71(77)80)44-39-63-67-64(40-44)82-62-37-34-42(38-52(62)72(67)51-25-9-17-33-61(51)81-63)70-73-65(78-54-27-11-4-20-45(54)46-21-5-12-28-55(46)78)41-66(74-70)79-56-29-13-6-22-47(56)48-23-7-14-30-57(48)79/h1-41H. The topological polar surface area (TPSA) is 81.3 Å². The van der Waals surface area contributed by atoms with Crippen LogP contribution in [0, 0.1) is 0 Å². The number of ether oxygens (including phenoxy) is 2. The lowest BCUT2D eigenvalue weighted by atomic mass is 9.34. The van der Waals surface area contributed by atoms with Gasteiger partial charge in [-0.3, -0.25) is 18.1 Å². The summed E-state index contributed by atoms with van der Waals surface area (Å²) in [4.78, 5) is 16.7. The second-order valence-electron chi connectivity index (χ2n) is 21.5. The Morgan fingerprint density at radius 3 is 1.43 bits per heavy atom. The summed E-state index contributed by atoms with van der Waals surface area (Å²) >= 11 is 0. The van der Waals surface area contributed by atoms with Crippen LogP contribution in [0.2, 0.25) is 0 Å². The average molecular weight is 1050 g/mol. The van der Waals surface area contributed by atoms with Crippen molar-refractivity contribution in [2.75, 3.05) is 0 Å². The molecule has 0 saturated carbocycles. The maximum absolute atomic E-state index is 7.22. The third kappa shape index (κ3) is 5.89. The summed E-state index contributed by atoms with van der Waals surface area (Å²) in [5, 5.41) is 6.90. The molecule has 0 fully saturated rings. The molecule has 0 atom stereocenters. The summed E-state index contributed by atoms with van der Waals surface area (Å²) in [6.07, 6.45) is 0. The van der Waals surface area contributed by atoms with Gasteiger partial charge in [0.15, 0.2) is 5.82 Å². The van der Waals surface area contributed by atoms with Gasteiger partial charge in [0.1, 0.15) is 40.2 Å². The number of hydrogen-bond acceptors (Lipinski definition) is 5. The van der Waals surface area contributed by atoms with Crippen molar-refractivity contribution >= 4 is 116 Å². The molecule has 0 unspecified atom stereocenters. The second kappa shape index (κ2) is 16.2. The van der Waals surface area contributed by atoms with Crippen molar-refractivity contribution in [1.29, 1.82) is 0 Å². The minimum atomic E-state index is -0.227. The van der Waals surface area contributed by atoms with E-state index in [9.17, 15) is 0 Å². The van der Waals surface area contributed by atoms with Crippen LogP contribution in [-0.2, 0) is 0 Å². The first kappa shape index (κ1) is 43.8. The van der Waals surface area contributed by atoms with E-state index in [-0.39, 0.29) is 6.71 Å². The van der Waals surface area contributed by atoms with Crippen LogP contribution in [0.25, 0.3) is 128 Å². The fourth-order valence-corrected chi connectivity index (χ4v) is 13.8. The number of para-hydroxylation sites is 9. The Hall–Kier alpha value is -11.2. The predicted molar refractivity (Wildman–Crippen MR) is 331 cm³/mol. The summed E-state index contributed by atoms with van der Waals surface area (Å²) in [6, 6.07) is 87.9. The van der Waals surface area contributed by atoms with Crippen molar-refractivity contribution in [3.05, 3.63) is 249 Å². The molecule has 0 bridgehead atoms. The molecule has 0 saturated heterocycles. The highest BCUT2D eigenvalue weighted by Gasteiger charge is 2.41. The first-order chi connectivity index (χ1) is 40.7. The lowest BCUT2D eigenvalue weighted by Crippen LogP contribution is -2.57.